The molecule has 3 nitrogen and oxygen atoms in total. The normalized spacial score (nSPS) is 12.0. The lowest BCUT2D eigenvalue weighted by molar-refractivity contribution is 0.381. The van der Waals surface area contributed by atoms with E-state index in [9.17, 15) is 0 Å². The van der Waals surface area contributed by atoms with Crippen molar-refractivity contribution in [2.75, 3.05) is 26.7 Å². The molecule has 0 saturated heterocycles. The van der Waals surface area contributed by atoms with Crippen molar-refractivity contribution in [3.8, 4) is 0 Å². The Labute approximate surface area is 63.4 Å². The van der Waals surface area contributed by atoms with Crippen molar-refractivity contribution in [2.24, 2.45) is 5.73 Å². The van der Waals surface area contributed by atoms with Crippen LogP contribution in [0.25, 0.3) is 0 Å². The van der Waals surface area contributed by atoms with Crippen molar-refractivity contribution in [1.82, 2.24) is 10.6 Å². The summed E-state index contributed by atoms with van der Waals surface area (Å²) in [6, 6.07) is 0. The Morgan fingerprint density at radius 3 is 2.40 bits per heavy atom. The lowest BCUT2D eigenvalue weighted by atomic mass is 10.1. The zero-order valence-corrected chi connectivity index (χ0v) is 7.20. The quantitative estimate of drug-likeness (QED) is 0.490. The maximum atomic E-state index is 5.35. The van der Waals surface area contributed by atoms with Gasteiger partial charge in [0.1, 0.15) is 0 Å². The van der Waals surface area contributed by atoms with E-state index in [0.717, 1.165) is 13.1 Å². The molecule has 0 spiro atoms. The molecule has 0 atom stereocenters. The summed E-state index contributed by atoms with van der Waals surface area (Å²) in [5.74, 6) is 0. The molecule has 0 aromatic heterocycles. The molecule has 0 heterocycles. The molecule has 62 valence electrons. The fourth-order valence-corrected chi connectivity index (χ4v) is 0.915. The summed E-state index contributed by atoms with van der Waals surface area (Å²) in [7, 11) is 1.95. The van der Waals surface area contributed by atoms with Gasteiger partial charge >= 0.3 is 0 Å². The summed E-state index contributed by atoms with van der Waals surface area (Å²) < 4.78 is 0. The van der Waals surface area contributed by atoms with Crippen LogP contribution in [0.5, 0.6) is 0 Å². The number of nitrogens with two attached hydrogens (primary N) is 1. The van der Waals surface area contributed by atoms with E-state index in [1.54, 1.807) is 0 Å². The highest BCUT2D eigenvalue weighted by Crippen LogP contribution is 1.97. The zero-order valence-electron chi connectivity index (χ0n) is 7.20. The maximum Gasteiger partial charge on any atom is 0.0250 e. The molecule has 4 N–H and O–H groups in total. The summed E-state index contributed by atoms with van der Waals surface area (Å²) in [5.41, 5.74) is 5.51. The first-order chi connectivity index (χ1) is 4.62. The summed E-state index contributed by atoms with van der Waals surface area (Å²) >= 11 is 0. The Balaban J connectivity index is 3.42. The van der Waals surface area contributed by atoms with Gasteiger partial charge in [-0.3, -0.25) is 0 Å². The molecule has 0 bridgehead atoms. The van der Waals surface area contributed by atoms with Gasteiger partial charge in [-0.2, -0.15) is 0 Å². The van der Waals surface area contributed by atoms with E-state index in [2.05, 4.69) is 24.5 Å². The van der Waals surface area contributed by atoms with Gasteiger partial charge in [-0.15, -0.1) is 0 Å². The third-order valence-corrected chi connectivity index (χ3v) is 1.37. The molecule has 0 fully saturated rings. The molecule has 0 amide bonds. The van der Waals surface area contributed by atoms with Crippen LogP contribution < -0.4 is 16.4 Å². The first kappa shape index (κ1) is 9.88. The van der Waals surface area contributed by atoms with Crippen LogP contribution in [0.3, 0.4) is 0 Å². The van der Waals surface area contributed by atoms with Crippen molar-refractivity contribution in [3.05, 3.63) is 0 Å². The topological polar surface area (TPSA) is 50.1 Å². The van der Waals surface area contributed by atoms with E-state index in [0.29, 0.717) is 6.54 Å². The van der Waals surface area contributed by atoms with E-state index in [1.165, 1.54) is 0 Å². The Hall–Kier alpha value is -0.120. The van der Waals surface area contributed by atoms with Gasteiger partial charge in [0, 0.05) is 25.2 Å². The summed E-state index contributed by atoms with van der Waals surface area (Å²) in [6.07, 6.45) is 0. The minimum absolute atomic E-state index is 0.161. The van der Waals surface area contributed by atoms with Crippen molar-refractivity contribution in [3.63, 3.8) is 0 Å². The van der Waals surface area contributed by atoms with Gasteiger partial charge in [-0.1, -0.05) is 0 Å². The van der Waals surface area contributed by atoms with E-state index in [1.807, 2.05) is 7.05 Å². The Morgan fingerprint density at radius 1 is 1.40 bits per heavy atom. The molecule has 0 rings (SSSR count). The standard InChI is InChI=1S/C7H19N3/c1-7(2,6-9-3)10-5-4-8/h9-10H,4-6,8H2,1-3H3. The monoisotopic (exact) mass is 145 g/mol. The first-order valence-electron chi connectivity index (χ1n) is 3.72. The zero-order chi connectivity index (χ0) is 8.04. The van der Waals surface area contributed by atoms with Crippen LogP contribution in [-0.4, -0.2) is 32.2 Å². The van der Waals surface area contributed by atoms with Gasteiger partial charge in [0.05, 0.1) is 0 Å². The maximum absolute atomic E-state index is 5.35. The molecule has 0 aromatic carbocycles. The van der Waals surface area contributed by atoms with E-state index < -0.39 is 0 Å². The van der Waals surface area contributed by atoms with E-state index in [-0.39, 0.29) is 5.54 Å². The molecule has 0 aromatic rings. The molecular formula is C7H19N3. The van der Waals surface area contributed by atoms with Crippen LogP contribution >= 0.6 is 0 Å². The fourth-order valence-electron chi connectivity index (χ4n) is 0.915. The van der Waals surface area contributed by atoms with Crippen molar-refractivity contribution in [1.29, 1.82) is 0 Å². The molecule has 0 aliphatic carbocycles. The molecule has 0 aliphatic heterocycles. The van der Waals surface area contributed by atoms with Crippen LogP contribution in [0.15, 0.2) is 0 Å². The van der Waals surface area contributed by atoms with Crippen molar-refractivity contribution < 1.29 is 0 Å². The highest BCUT2D eigenvalue weighted by Gasteiger charge is 2.13. The van der Waals surface area contributed by atoms with Gasteiger partial charge in [0.2, 0.25) is 0 Å². The lowest BCUT2D eigenvalue weighted by Gasteiger charge is -2.25. The largest absolute Gasteiger partial charge is 0.329 e. The Bertz CT molecular complexity index is 80.9. The minimum atomic E-state index is 0.161. The first-order valence-corrected chi connectivity index (χ1v) is 3.72. The number of rotatable bonds is 5. The van der Waals surface area contributed by atoms with Gasteiger partial charge in [0.25, 0.3) is 0 Å². The predicted molar refractivity (Wildman–Crippen MR) is 45.1 cm³/mol. The number of nitrogens with one attached hydrogen (secondary N) is 2. The molecule has 3 heteroatoms. The van der Waals surface area contributed by atoms with E-state index in [4.69, 9.17) is 5.73 Å². The van der Waals surface area contributed by atoms with Crippen LogP contribution in [0, 0.1) is 0 Å². The minimum Gasteiger partial charge on any atom is -0.329 e. The van der Waals surface area contributed by atoms with Gasteiger partial charge in [-0.25, -0.2) is 0 Å². The van der Waals surface area contributed by atoms with E-state index >= 15 is 0 Å². The number of hydrogen-bond donors (Lipinski definition) is 3. The summed E-state index contributed by atoms with van der Waals surface area (Å²) in [5, 5.41) is 6.44. The second-order valence-electron chi connectivity index (χ2n) is 3.13. The molecule has 0 aliphatic rings. The second kappa shape index (κ2) is 4.66. The number of likely N-dealkylation sites (N-methyl/N-ethyl adjacent to an activating group) is 1. The molecule has 10 heavy (non-hydrogen) atoms. The average Bonchev–Trinajstić information content (AvgIpc) is 1.84. The van der Waals surface area contributed by atoms with Crippen molar-refractivity contribution >= 4 is 0 Å². The predicted octanol–water partition coefficient (Wildman–Crippen LogP) is -0.467. The van der Waals surface area contributed by atoms with Gasteiger partial charge in [0.15, 0.2) is 0 Å². The molecule has 0 saturated carbocycles. The molecule has 0 unspecified atom stereocenters. The summed E-state index contributed by atoms with van der Waals surface area (Å²) in [4.78, 5) is 0. The fraction of sp³-hybridized carbons (Fsp3) is 1.00. The smallest absolute Gasteiger partial charge is 0.0250 e. The van der Waals surface area contributed by atoms with Crippen LogP contribution in [0.4, 0.5) is 0 Å². The molecular weight excluding hydrogens is 126 g/mol. The van der Waals surface area contributed by atoms with Crippen LogP contribution in [-0.2, 0) is 0 Å². The molecule has 0 radical (unpaired) electrons. The van der Waals surface area contributed by atoms with Crippen LogP contribution in [0.1, 0.15) is 13.8 Å². The lowest BCUT2D eigenvalue weighted by Crippen LogP contribution is -2.48. The SMILES string of the molecule is CNCC(C)(C)NCCN. The van der Waals surface area contributed by atoms with Gasteiger partial charge in [-0.05, 0) is 20.9 Å². The van der Waals surface area contributed by atoms with Crippen molar-refractivity contribution in [2.45, 2.75) is 19.4 Å². The highest BCUT2D eigenvalue weighted by molar-refractivity contribution is 4.78. The average molecular weight is 145 g/mol. The number of hydrogen-bond acceptors (Lipinski definition) is 3. The Kier molecular flexibility index (Phi) is 4.60. The Morgan fingerprint density at radius 2 is 2.00 bits per heavy atom. The third-order valence-electron chi connectivity index (χ3n) is 1.37. The second-order valence-corrected chi connectivity index (χ2v) is 3.13. The third kappa shape index (κ3) is 4.73. The summed E-state index contributed by atoms with van der Waals surface area (Å²) in [6.45, 7) is 6.85. The van der Waals surface area contributed by atoms with Crippen LogP contribution in [0.2, 0.25) is 0 Å². The van der Waals surface area contributed by atoms with Gasteiger partial charge < -0.3 is 16.4 Å². The highest BCUT2D eigenvalue weighted by atomic mass is 15.0.